The Balaban J connectivity index is 2.81. The lowest BCUT2D eigenvalue weighted by atomic mass is 10.2. The summed E-state index contributed by atoms with van der Waals surface area (Å²) in [5.41, 5.74) is -0.670. The quantitative estimate of drug-likeness (QED) is 0.754. The highest BCUT2D eigenvalue weighted by atomic mass is 32.2. The van der Waals surface area contributed by atoms with Crippen molar-refractivity contribution in [3.05, 3.63) is 29.8 Å². The monoisotopic (exact) mass is 349 g/mol. The van der Waals surface area contributed by atoms with E-state index in [4.69, 9.17) is 0 Å². The van der Waals surface area contributed by atoms with Gasteiger partial charge in [0, 0.05) is 26.1 Å². The van der Waals surface area contributed by atoms with E-state index in [0.29, 0.717) is 17.4 Å². The van der Waals surface area contributed by atoms with E-state index in [0.717, 1.165) is 24.5 Å². The average Bonchev–Trinajstić information content (AvgIpc) is 2.40. The van der Waals surface area contributed by atoms with Crippen LogP contribution in [0, 0.1) is 11.6 Å². The Bertz CT molecular complexity index is 630. The third-order valence-electron chi connectivity index (χ3n) is 3.01. The minimum atomic E-state index is -3.93. The second-order valence-corrected chi connectivity index (χ2v) is 7.22. The zero-order valence-corrected chi connectivity index (χ0v) is 14.2. The van der Waals surface area contributed by atoms with Gasteiger partial charge in [0.2, 0.25) is 15.9 Å². The number of hydrogen-bond acceptors (Lipinski definition) is 4. The van der Waals surface area contributed by atoms with Crippen LogP contribution in [0.25, 0.3) is 0 Å². The van der Waals surface area contributed by atoms with Gasteiger partial charge in [-0.1, -0.05) is 6.07 Å². The van der Waals surface area contributed by atoms with Crippen molar-refractivity contribution in [2.75, 3.05) is 44.3 Å². The number of nitrogens with one attached hydrogen (secondary N) is 1. The van der Waals surface area contributed by atoms with Crippen LogP contribution in [0.5, 0.6) is 0 Å². The van der Waals surface area contributed by atoms with Crippen molar-refractivity contribution in [3.63, 3.8) is 0 Å². The molecule has 0 bridgehead atoms. The van der Waals surface area contributed by atoms with Gasteiger partial charge in [0.15, 0.2) is 11.6 Å². The Morgan fingerprint density at radius 1 is 1.17 bits per heavy atom. The highest BCUT2D eigenvalue weighted by Gasteiger charge is 2.24. The second-order valence-electron chi connectivity index (χ2n) is 5.31. The molecule has 0 heterocycles. The van der Waals surface area contributed by atoms with Crippen LogP contribution in [0.15, 0.2) is 18.2 Å². The number of benzene rings is 1. The van der Waals surface area contributed by atoms with Gasteiger partial charge in [-0.2, -0.15) is 0 Å². The number of carbonyl (C=O) groups is 1. The molecule has 0 aliphatic heterocycles. The molecule has 0 aliphatic carbocycles. The molecule has 1 aromatic rings. The third kappa shape index (κ3) is 6.11. The van der Waals surface area contributed by atoms with Crippen LogP contribution in [0.4, 0.5) is 14.5 Å². The van der Waals surface area contributed by atoms with Gasteiger partial charge in [0.25, 0.3) is 0 Å². The number of anilines is 1. The predicted molar refractivity (Wildman–Crippen MR) is 84.7 cm³/mol. The Morgan fingerprint density at radius 3 is 2.22 bits per heavy atom. The number of sulfonamides is 1. The number of para-hydroxylation sites is 1. The number of nitrogens with zero attached hydrogens (tertiary/aromatic N) is 2. The largest absolute Gasteiger partial charge is 0.355 e. The molecular weight excluding hydrogens is 328 g/mol. The van der Waals surface area contributed by atoms with Gasteiger partial charge in [0.05, 0.1) is 6.26 Å². The number of hydrogen-bond donors (Lipinski definition) is 1. The van der Waals surface area contributed by atoms with Crippen molar-refractivity contribution < 1.29 is 22.0 Å². The SMILES string of the molecule is CN(C)CCNC(=O)CCN(c1c(F)cccc1F)S(C)(=O)=O. The Labute approximate surface area is 135 Å². The molecule has 0 spiro atoms. The van der Waals surface area contributed by atoms with Crippen LogP contribution in [-0.2, 0) is 14.8 Å². The van der Waals surface area contributed by atoms with E-state index in [1.165, 1.54) is 0 Å². The van der Waals surface area contributed by atoms with Crippen molar-refractivity contribution >= 4 is 21.6 Å². The van der Waals surface area contributed by atoms with Gasteiger partial charge in [0.1, 0.15) is 5.69 Å². The fourth-order valence-corrected chi connectivity index (χ4v) is 2.81. The lowest BCUT2D eigenvalue weighted by Gasteiger charge is -2.23. The maximum atomic E-state index is 13.8. The number of halogens is 2. The summed E-state index contributed by atoms with van der Waals surface area (Å²) in [4.78, 5) is 13.6. The van der Waals surface area contributed by atoms with Gasteiger partial charge in [-0.15, -0.1) is 0 Å². The fraction of sp³-hybridized carbons (Fsp3) is 0.500. The normalized spacial score (nSPS) is 11.6. The summed E-state index contributed by atoms with van der Waals surface area (Å²) in [6.07, 6.45) is 0.636. The Kier molecular flexibility index (Phi) is 6.89. The summed E-state index contributed by atoms with van der Waals surface area (Å²) in [5.74, 6) is -2.39. The predicted octanol–water partition coefficient (Wildman–Crippen LogP) is 0.799. The van der Waals surface area contributed by atoms with Gasteiger partial charge in [-0.05, 0) is 26.2 Å². The standard InChI is InChI=1S/C14H21F2N3O3S/c1-18(2)10-8-17-13(20)7-9-19(23(3,21)22)14-11(15)5-4-6-12(14)16/h4-6H,7-10H2,1-3H3,(H,17,20). The van der Waals surface area contributed by atoms with Crippen LogP contribution in [0.3, 0.4) is 0 Å². The first-order valence-corrected chi connectivity index (χ1v) is 8.81. The Morgan fingerprint density at radius 2 is 1.74 bits per heavy atom. The first-order chi connectivity index (χ1) is 10.6. The van der Waals surface area contributed by atoms with Crippen LogP contribution in [0.1, 0.15) is 6.42 Å². The van der Waals surface area contributed by atoms with Gasteiger partial charge in [-0.25, -0.2) is 17.2 Å². The van der Waals surface area contributed by atoms with Crippen LogP contribution < -0.4 is 9.62 Å². The molecule has 130 valence electrons. The first kappa shape index (κ1) is 19.3. The lowest BCUT2D eigenvalue weighted by Crippen LogP contribution is -2.37. The molecule has 0 radical (unpaired) electrons. The molecular formula is C14H21F2N3O3S. The lowest BCUT2D eigenvalue weighted by molar-refractivity contribution is -0.120. The van der Waals surface area contributed by atoms with E-state index in [-0.39, 0.29) is 13.0 Å². The fourth-order valence-electron chi connectivity index (χ4n) is 1.88. The number of amides is 1. The third-order valence-corrected chi connectivity index (χ3v) is 4.18. The number of carbonyl (C=O) groups excluding carboxylic acids is 1. The summed E-state index contributed by atoms with van der Waals surface area (Å²) >= 11 is 0. The molecule has 0 saturated heterocycles. The zero-order chi connectivity index (χ0) is 17.6. The number of rotatable bonds is 8. The topological polar surface area (TPSA) is 69.7 Å². The molecule has 23 heavy (non-hydrogen) atoms. The van der Waals surface area contributed by atoms with E-state index in [1.54, 1.807) is 0 Å². The van der Waals surface area contributed by atoms with E-state index in [1.807, 2.05) is 19.0 Å². The molecule has 0 aromatic heterocycles. The van der Waals surface area contributed by atoms with Crippen molar-refractivity contribution in [1.82, 2.24) is 10.2 Å². The average molecular weight is 349 g/mol. The molecule has 0 atom stereocenters. The van der Waals surface area contributed by atoms with Crippen molar-refractivity contribution in [3.8, 4) is 0 Å². The maximum absolute atomic E-state index is 13.8. The minimum absolute atomic E-state index is 0.200. The molecule has 6 nitrogen and oxygen atoms in total. The van der Waals surface area contributed by atoms with Crippen molar-refractivity contribution in [2.24, 2.45) is 0 Å². The summed E-state index contributed by atoms with van der Waals surface area (Å²) in [6, 6.07) is 3.07. The van der Waals surface area contributed by atoms with Crippen molar-refractivity contribution in [1.29, 1.82) is 0 Å². The maximum Gasteiger partial charge on any atom is 0.232 e. The van der Waals surface area contributed by atoms with Gasteiger partial charge < -0.3 is 10.2 Å². The summed E-state index contributed by atoms with van der Waals surface area (Å²) in [5, 5.41) is 2.61. The Hall–Kier alpha value is -1.74. The molecule has 0 saturated carbocycles. The van der Waals surface area contributed by atoms with E-state index >= 15 is 0 Å². The van der Waals surface area contributed by atoms with Crippen molar-refractivity contribution in [2.45, 2.75) is 6.42 Å². The minimum Gasteiger partial charge on any atom is -0.355 e. The second kappa shape index (κ2) is 8.21. The highest BCUT2D eigenvalue weighted by Crippen LogP contribution is 2.25. The summed E-state index contributed by atoms with van der Waals surface area (Å²) < 4.78 is 51.8. The van der Waals surface area contributed by atoms with E-state index < -0.39 is 33.3 Å². The van der Waals surface area contributed by atoms with Crippen LogP contribution >= 0.6 is 0 Å². The zero-order valence-electron chi connectivity index (χ0n) is 13.3. The first-order valence-electron chi connectivity index (χ1n) is 6.96. The van der Waals surface area contributed by atoms with E-state index in [9.17, 15) is 22.0 Å². The van der Waals surface area contributed by atoms with Crippen LogP contribution in [0.2, 0.25) is 0 Å². The summed E-state index contributed by atoms with van der Waals surface area (Å²) in [7, 11) is -0.236. The number of likely N-dealkylation sites (N-methyl/N-ethyl adjacent to an activating group) is 1. The molecule has 9 heteroatoms. The molecule has 1 rings (SSSR count). The molecule has 0 aliphatic rings. The highest BCUT2D eigenvalue weighted by molar-refractivity contribution is 7.92. The molecule has 1 amide bonds. The molecule has 0 fully saturated rings. The summed E-state index contributed by atoms with van der Waals surface area (Å²) in [6.45, 7) is 0.687. The van der Waals surface area contributed by atoms with E-state index in [2.05, 4.69) is 5.32 Å². The van der Waals surface area contributed by atoms with Crippen LogP contribution in [-0.4, -0.2) is 59.2 Å². The molecule has 1 aromatic carbocycles. The smallest absolute Gasteiger partial charge is 0.232 e. The molecule has 1 N–H and O–H groups in total. The van der Waals surface area contributed by atoms with Gasteiger partial charge >= 0.3 is 0 Å². The molecule has 0 unspecified atom stereocenters. The van der Waals surface area contributed by atoms with Gasteiger partial charge in [-0.3, -0.25) is 9.10 Å².